The van der Waals surface area contributed by atoms with Gasteiger partial charge in [-0.3, -0.25) is 4.79 Å². The lowest BCUT2D eigenvalue weighted by Crippen LogP contribution is -2.21. The number of aromatic nitrogens is 2. The van der Waals surface area contributed by atoms with Gasteiger partial charge in [-0.25, -0.2) is 0 Å². The Labute approximate surface area is 108 Å². The molecule has 0 amide bonds. The van der Waals surface area contributed by atoms with Gasteiger partial charge in [-0.1, -0.05) is 11.6 Å². The number of hydrogen-bond donors (Lipinski definition) is 0. The Morgan fingerprint density at radius 2 is 2.22 bits per heavy atom. The summed E-state index contributed by atoms with van der Waals surface area (Å²) in [6, 6.07) is 0. The molecule has 2 rings (SSSR count). The summed E-state index contributed by atoms with van der Waals surface area (Å²) in [5.41, 5.74) is 0. The molecule has 18 heavy (non-hydrogen) atoms. The van der Waals surface area contributed by atoms with Gasteiger partial charge in [0.25, 0.3) is 0 Å². The third-order valence-corrected chi connectivity index (χ3v) is 3.39. The minimum Gasteiger partial charge on any atom is -0.339 e. The standard InChI is InChI=1S/C13H21N3O2/c1-16(2)8-7-12-14-13(18-15-12)9-10-5-3-4-6-11(10)17/h10H,3-9H2,1-2H3. The van der Waals surface area contributed by atoms with Crippen LogP contribution in [0.1, 0.15) is 37.4 Å². The van der Waals surface area contributed by atoms with Crippen molar-refractivity contribution in [1.82, 2.24) is 15.0 Å². The lowest BCUT2D eigenvalue weighted by molar-refractivity contribution is -0.124. The van der Waals surface area contributed by atoms with E-state index in [2.05, 4.69) is 15.0 Å². The molecule has 1 aromatic heterocycles. The number of carbonyl (C=O) groups is 1. The van der Waals surface area contributed by atoms with Gasteiger partial charge in [-0.05, 0) is 26.9 Å². The Balaban J connectivity index is 1.87. The van der Waals surface area contributed by atoms with E-state index in [-0.39, 0.29) is 5.92 Å². The van der Waals surface area contributed by atoms with Gasteiger partial charge in [0.1, 0.15) is 5.78 Å². The van der Waals surface area contributed by atoms with Crippen LogP contribution in [0.2, 0.25) is 0 Å². The maximum absolute atomic E-state index is 11.7. The molecule has 1 aromatic rings. The van der Waals surface area contributed by atoms with Crippen molar-refractivity contribution in [1.29, 1.82) is 0 Å². The minimum absolute atomic E-state index is 0.0981. The zero-order chi connectivity index (χ0) is 13.0. The summed E-state index contributed by atoms with van der Waals surface area (Å²) in [6.07, 6.45) is 5.26. The van der Waals surface area contributed by atoms with Crippen molar-refractivity contribution in [2.45, 2.75) is 38.5 Å². The molecule has 1 saturated carbocycles. The van der Waals surface area contributed by atoms with Crippen LogP contribution in [0.5, 0.6) is 0 Å². The van der Waals surface area contributed by atoms with Crippen LogP contribution < -0.4 is 0 Å². The molecule has 0 spiro atoms. The van der Waals surface area contributed by atoms with Crippen LogP contribution in [0.3, 0.4) is 0 Å². The molecular formula is C13H21N3O2. The fraction of sp³-hybridized carbons (Fsp3) is 0.769. The number of carbonyl (C=O) groups excluding carboxylic acids is 1. The molecule has 1 fully saturated rings. The number of ketones is 1. The quantitative estimate of drug-likeness (QED) is 0.793. The molecule has 1 unspecified atom stereocenters. The van der Waals surface area contributed by atoms with Crippen molar-refractivity contribution >= 4 is 5.78 Å². The van der Waals surface area contributed by atoms with Gasteiger partial charge in [-0.15, -0.1) is 0 Å². The highest BCUT2D eigenvalue weighted by atomic mass is 16.5. The molecule has 0 bridgehead atoms. The summed E-state index contributed by atoms with van der Waals surface area (Å²) >= 11 is 0. The maximum atomic E-state index is 11.7. The van der Waals surface area contributed by atoms with Crippen molar-refractivity contribution in [3.8, 4) is 0 Å². The van der Waals surface area contributed by atoms with Crippen molar-refractivity contribution in [3.63, 3.8) is 0 Å². The smallest absolute Gasteiger partial charge is 0.227 e. The molecule has 1 aliphatic carbocycles. The first kappa shape index (κ1) is 13.2. The molecule has 5 nitrogen and oxygen atoms in total. The zero-order valence-electron chi connectivity index (χ0n) is 11.2. The van der Waals surface area contributed by atoms with E-state index in [0.29, 0.717) is 24.5 Å². The van der Waals surface area contributed by atoms with E-state index in [4.69, 9.17) is 4.52 Å². The molecule has 1 heterocycles. The molecule has 0 saturated heterocycles. The number of rotatable bonds is 5. The van der Waals surface area contributed by atoms with Gasteiger partial charge in [0.15, 0.2) is 5.82 Å². The third-order valence-electron chi connectivity index (χ3n) is 3.39. The Hall–Kier alpha value is -1.23. The highest BCUT2D eigenvalue weighted by Gasteiger charge is 2.24. The van der Waals surface area contributed by atoms with E-state index in [1.165, 1.54) is 0 Å². The van der Waals surface area contributed by atoms with Crippen LogP contribution in [-0.4, -0.2) is 41.5 Å². The van der Waals surface area contributed by atoms with Crippen LogP contribution in [0.4, 0.5) is 0 Å². The Morgan fingerprint density at radius 3 is 2.94 bits per heavy atom. The van der Waals surface area contributed by atoms with Gasteiger partial charge in [0.2, 0.25) is 5.89 Å². The summed E-state index contributed by atoms with van der Waals surface area (Å²) in [6.45, 7) is 0.904. The lowest BCUT2D eigenvalue weighted by Gasteiger charge is -2.18. The number of hydrogen-bond acceptors (Lipinski definition) is 5. The monoisotopic (exact) mass is 251 g/mol. The number of nitrogens with zero attached hydrogens (tertiary/aromatic N) is 3. The van der Waals surface area contributed by atoms with Crippen molar-refractivity contribution < 1.29 is 9.32 Å². The fourth-order valence-corrected chi connectivity index (χ4v) is 2.28. The average molecular weight is 251 g/mol. The second-order valence-electron chi connectivity index (χ2n) is 5.27. The van der Waals surface area contributed by atoms with Gasteiger partial charge in [0, 0.05) is 31.7 Å². The summed E-state index contributed by atoms with van der Waals surface area (Å²) < 4.78 is 5.22. The molecule has 0 aliphatic heterocycles. The minimum atomic E-state index is 0.0981. The van der Waals surface area contributed by atoms with E-state index in [9.17, 15) is 4.79 Å². The largest absolute Gasteiger partial charge is 0.339 e. The molecule has 5 heteroatoms. The second kappa shape index (κ2) is 6.09. The van der Waals surface area contributed by atoms with Crippen molar-refractivity contribution in [3.05, 3.63) is 11.7 Å². The first-order valence-electron chi connectivity index (χ1n) is 6.64. The van der Waals surface area contributed by atoms with E-state index in [0.717, 1.165) is 38.1 Å². The van der Waals surface area contributed by atoms with Crippen LogP contribution in [-0.2, 0) is 17.6 Å². The number of likely N-dealkylation sites (N-methyl/N-ethyl adjacent to an activating group) is 1. The topological polar surface area (TPSA) is 59.2 Å². The lowest BCUT2D eigenvalue weighted by atomic mass is 9.86. The normalized spacial score (nSPS) is 20.6. The van der Waals surface area contributed by atoms with E-state index in [1.807, 2.05) is 14.1 Å². The van der Waals surface area contributed by atoms with Crippen LogP contribution >= 0.6 is 0 Å². The Morgan fingerprint density at radius 1 is 1.39 bits per heavy atom. The molecule has 1 atom stereocenters. The first-order chi connectivity index (χ1) is 8.65. The Bertz CT molecular complexity index is 401. The molecule has 100 valence electrons. The van der Waals surface area contributed by atoms with E-state index >= 15 is 0 Å². The highest BCUT2D eigenvalue weighted by molar-refractivity contribution is 5.81. The van der Waals surface area contributed by atoms with E-state index in [1.54, 1.807) is 0 Å². The van der Waals surface area contributed by atoms with Gasteiger partial charge in [-0.2, -0.15) is 4.98 Å². The predicted molar refractivity (Wildman–Crippen MR) is 67.2 cm³/mol. The fourth-order valence-electron chi connectivity index (χ4n) is 2.28. The zero-order valence-corrected chi connectivity index (χ0v) is 11.2. The van der Waals surface area contributed by atoms with Gasteiger partial charge >= 0.3 is 0 Å². The second-order valence-corrected chi connectivity index (χ2v) is 5.27. The van der Waals surface area contributed by atoms with Gasteiger partial charge in [0.05, 0.1) is 0 Å². The summed E-state index contributed by atoms with van der Waals surface area (Å²) in [7, 11) is 4.03. The average Bonchev–Trinajstić information content (AvgIpc) is 2.77. The van der Waals surface area contributed by atoms with Crippen molar-refractivity contribution in [2.24, 2.45) is 5.92 Å². The summed E-state index contributed by atoms with van der Waals surface area (Å²) in [5.74, 6) is 1.81. The van der Waals surface area contributed by atoms with Crippen LogP contribution in [0.15, 0.2) is 4.52 Å². The molecule has 1 aliphatic rings. The van der Waals surface area contributed by atoms with E-state index < -0.39 is 0 Å². The first-order valence-corrected chi connectivity index (χ1v) is 6.64. The molecule has 0 radical (unpaired) electrons. The molecule has 0 N–H and O–H groups in total. The van der Waals surface area contributed by atoms with Crippen LogP contribution in [0.25, 0.3) is 0 Å². The third kappa shape index (κ3) is 3.63. The SMILES string of the molecule is CN(C)CCc1noc(CC2CCCCC2=O)n1. The predicted octanol–water partition coefficient (Wildman–Crippen LogP) is 1.48. The number of Topliss-reactive ketones (excluding diaryl/α,β-unsaturated/α-hetero) is 1. The maximum Gasteiger partial charge on any atom is 0.227 e. The molecule has 0 aromatic carbocycles. The van der Waals surface area contributed by atoms with Crippen LogP contribution in [0, 0.1) is 5.92 Å². The summed E-state index contributed by atoms with van der Waals surface area (Å²) in [4.78, 5) is 18.2. The Kier molecular flexibility index (Phi) is 4.47. The summed E-state index contributed by atoms with van der Waals surface area (Å²) in [5, 5.41) is 3.95. The highest BCUT2D eigenvalue weighted by Crippen LogP contribution is 2.23. The van der Waals surface area contributed by atoms with Crippen molar-refractivity contribution in [2.75, 3.05) is 20.6 Å². The van der Waals surface area contributed by atoms with Gasteiger partial charge < -0.3 is 9.42 Å². The molecular weight excluding hydrogens is 230 g/mol.